The van der Waals surface area contributed by atoms with E-state index in [-0.39, 0.29) is 24.3 Å². The lowest BCUT2D eigenvalue weighted by Gasteiger charge is -2.14. The largest absolute Gasteiger partial charge is 0.506 e. The number of halogens is 2. The maximum atomic E-state index is 12.0. The summed E-state index contributed by atoms with van der Waals surface area (Å²) in [7, 11) is 1.38. The normalized spacial score (nSPS) is 11.9. The summed E-state index contributed by atoms with van der Waals surface area (Å²) >= 11 is 3.98. The summed E-state index contributed by atoms with van der Waals surface area (Å²) in [5.41, 5.74) is 0.159. The standard InChI is InChI=1S/C12H13I2NO5/c1-20-7(4-10(16)17)5-15-12(19)8-2-6(13)3-9(14)11(8)18/h2-3,7,18H,4-5H2,1H3,(H,15,19)(H,16,17). The van der Waals surface area contributed by atoms with Crippen LogP contribution in [0.5, 0.6) is 5.75 Å². The van der Waals surface area contributed by atoms with Crippen molar-refractivity contribution in [2.75, 3.05) is 13.7 Å². The van der Waals surface area contributed by atoms with Crippen LogP contribution in [0.3, 0.4) is 0 Å². The van der Waals surface area contributed by atoms with Crippen molar-refractivity contribution in [1.29, 1.82) is 0 Å². The maximum Gasteiger partial charge on any atom is 0.306 e. The van der Waals surface area contributed by atoms with Crippen LogP contribution in [0, 0.1) is 7.14 Å². The molecule has 6 nitrogen and oxygen atoms in total. The smallest absolute Gasteiger partial charge is 0.306 e. The summed E-state index contributed by atoms with van der Waals surface area (Å²) in [6, 6.07) is 3.31. The van der Waals surface area contributed by atoms with Gasteiger partial charge in [-0.1, -0.05) is 0 Å². The van der Waals surface area contributed by atoms with Crippen molar-refractivity contribution < 1.29 is 24.5 Å². The number of benzene rings is 1. The number of aromatic hydroxyl groups is 1. The average Bonchev–Trinajstić information content (AvgIpc) is 2.37. The number of methoxy groups -OCH3 is 1. The van der Waals surface area contributed by atoms with E-state index in [1.807, 2.05) is 45.2 Å². The fourth-order valence-electron chi connectivity index (χ4n) is 1.47. The number of carbonyl (C=O) groups excluding carboxylic acids is 1. The molecule has 3 N–H and O–H groups in total. The summed E-state index contributed by atoms with van der Waals surface area (Å²) in [6.07, 6.45) is -0.812. The van der Waals surface area contributed by atoms with Gasteiger partial charge in [-0.15, -0.1) is 0 Å². The first-order chi connectivity index (χ1) is 9.35. The molecule has 8 heteroatoms. The fourth-order valence-corrected chi connectivity index (χ4v) is 3.32. The molecule has 1 atom stereocenters. The number of hydrogen-bond donors (Lipinski definition) is 3. The lowest BCUT2D eigenvalue weighted by atomic mass is 10.2. The number of phenols is 1. The Morgan fingerprint density at radius 2 is 2.05 bits per heavy atom. The second-order valence-corrected chi connectivity index (χ2v) is 6.36. The van der Waals surface area contributed by atoms with Crippen molar-refractivity contribution >= 4 is 57.1 Å². The van der Waals surface area contributed by atoms with Crippen LogP contribution in [-0.2, 0) is 9.53 Å². The molecule has 0 aromatic heterocycles. The number of ether oxygens (including phenoxy) is 1. The van der Waals surface area contributed by atoms with E-state index in [0.717, 1.165) is 3.57 Å². The number of carboxylic acids is 1. The Bertz CT molecular complexity index is 521. The van der Waals surface area contributed by atoms with Crippen LogP contribution in [0.1, 0.15) is 16.8 Å². The highest BCUT2D eigenvalue weighted by Crippen LogP contribution is 2.26. The molecule has 0 fully saturated rings. The molecular formula is C12H13I2NO5. The van der Waals surface area contributed by atoms with Gasteiger partial charge in [0.05, 0.1) is 21.7 Å². The molecule has 110 valence electrons. The van der Waals surface area contributed by atoms with Gasteiger partial charge in [-0.25, -0.2) is 0 Å². The quantitative estimate of drug-likeness (QED) is 0.514. The third-order valence-corrected chi connectivity index (χ3v) is 3.94. The summed E-state index contributed by atoms with van der Waals surface area (Å²) in [5.74, 6) is -1.56. The van der Waals surface area contributed by atoms with Crippen LogP contribution in [0.2, 0.25) is 0 Å². The summed E-state index contributed by atoms with van der Waals surface area (Å²) < 4.78 is 6.36. The van der Waals surface area contributed by atoms with Gasteiger partial charge in [0, 0.05) is 17.2 Å². The van der Waals surface area contributed by atoms with Crippen LogP contribution < -0.4 is 5.32 Å². The van der Waals surface area contributed by atoms with Gasteiger partial charge in [-0.05, 0) is 57.3 Å². The van der Waals surface area contributed by atoms with E-state index in [4.69, 9.17) is 9.84 Å². The summed E-state index contributed by atoms with van der Waals surface area (Å²) in [6.45, 7) is 0.0587. The van der Waals surface area contributed by atoms with Gasteiger partial charge in [-0.3, -0.25) is 9.59 Å². The molecule has 0 spiro atoms. The van der Waals surface area contributed by atoms with Crippen molar-refractivity contribution in [2.24, 2.45) is 0 Å². The molecule has 1 aromatic carbocycles. The topological polar surface area (TPSA) is 95.9 Å². The first kappa shape index (κ1) is 17.4. The van der Waals surface area contributed by atoms with E-state index in [1.54, 1.807) is 12.1 Å². The molecule has 1 aromatic rings. The average molecular weight is 505 g/mol. The van der Waals surface area contributed by atoms with Crippen LogP contribution in [-0.4, -0.2) is 41.8 Å². The van der Waals surface area contributed by atoms with E-state index >= 15 is 0 Å². The van der Waals surface area contributed by atoms with Gasteiger partial charge in [0.25, 0.3) is 5.91 Å². The van der Waals surface area contributed by atoms with E-state index in [2.05, 4.69) is 5.32 Å². The minimum absolute atomic E-state index is 0.0587. The van der Waals surface area contributed by atoms with Gasteiger partial charge in [0.15, 0.2) is 0 Å². The fraction of sp³-hybridized carbons (Fsp3) is 0.333. The molecule has 0 radical (unpaired) electrons. The van der Waals surface area contributed by atoms with Crippen molar-refractivity contribution in [1.82, 2.24) is 5.32 Å². The molecule has 1 rings (SSSR count). The molecule has 0 saturated heterocycles. The Morgan fingerprint density at radius 3 is 2.60 bits per heavy atom. The minimum Gasteiger partial charge on any atom is -0.506 e. The highest BCUT2D eigenvalue weighted by atomic mass is 127. The monoisotopic (exact) mass is 505 g/mol. The number of phenolic OH excluding ortho intramolecular Hbond substituents is 1. The Kier molecular flexibility index (Phi) is 6.95. The van der Waals surface area contributed by atoms with E-state index in [9.17, 15) is 14.7 Å². The Hall–Kier alpha value is -0.620. The van der Waals surface area contributed by atoms with Crippen molar-refractivity contribution in [3.8, 4) is 5.75 Å². The minimum atomic E-state index is -1.00. The molecule has 20 heavy (non-hydrogen) atoms. The molecule has 1 amide bonds. The zero-order valence-electron chi connectivity index (χ0n) is 10.5. The van der Waals surface area contributed by atoms with Gasteiger partial charge in [0.1, 0.15) is 5.75 Å². The van der Waals surface area contributed by atoms with Crippen molar-refractivity contribution in [2.45, 2.75) is 12.5 Å². The van der Waals surface area contributed by atoms with Crippen LogP contribution in [0.15, 0.2) is 12.1 Å². The molecule has 1 unspecified atom stereocenters. The molecule has 0 aliphatic rings. The molecule has 0 aliphatic carbocycles. The third-order valence-electron chi connectivity index (χ3n) is 2.50. The Labute approximate surface area is 143 Å². The summed E-state index contributed by atoms with van der Waals surface area (Å²) in [4.78, 5) is 22.6. The highest BCUT2D eigenvalue weighted by Gasteiger charge is 2.18. The zero-order chi connectivity index (χ0) is 15.3. The number of carboxylic acid groups (broad SMARTS) is 1. The number of rotatable bonds is 6. The Morgan fingerprint density at radius 1 is 1.40 bits per heavy atom. The van der Waals surface area contributed by atoms with Crippen molar-refractivity contribution in [3.63, 3.8) is 0 Å². The molecular weight excluding hydrogens is 492 g/mol. The molecule has 0 saturated carbocycles. The lowest BCUT2D eigenvalue weighted by Crippen LogP contribution is -2.34. The number of aliphatic carboxylic acids is 1. The second-order valence-electron chi connectivity index (χ2n) is 3.95. The van der Waals surface area contributed by atoms with Gasteiger partial charge >= 0.3 is 5.97 Å². The van der Waals surface area contributed by atoms with E-state index < -0.39 is 18.0 Å². The second kappa shape index (κ2) is 7.98. The van der Waals surface area contributed by atoms with Gasteiger partial charge in [0.2, 0.25) is 0 Å². The zero-order valence-corrected chi connectivity index (χ0v) is 14.8. The molecule has 0 heterocycles. The summed E-state index contributed by atoms with van der Waals surface area (Å²) in [5, 5.41) is 21.1. The first-order valence-electron chi connectivity index (χ1n) is 5.56. The van der Waals surface area contributed by atoms with Crippen LogP contribution in [0.25, 0.3) is 0 Å². The molecule has 0 aliphatic heterocycles. The van der Waals surface area contributed by atoms with Gasteiger partial charge in [-0.2, -0.15) is 0 Å². The van der Waals surface area contributed by atoms with Crippen LogP contribution in [0.4, 0.5) is 0 Å². The van der Waals surface area contributed by atoms with Gasteiger partial charge < -0.3 is 20.3 Å². The lowest BCUT2D eigenvalue weighted by molar-refractivity contribution is -0.139. The first-order valence-corrected chi connectivity index (χ1v) is 7.71. The van der Waals surface area contributed by atoms with Crippen LogP contribution >= 0.6 is 45.2 Å². The molecule has 0 bridgehead atoms. The van der Waals surface area contributed by atoms with Crippen molar-refractivity contribution in [3.05, 3.63) is 24.8 Å². The highest BCUT2D eigenvalue weighted by molar-refractivity contribution is 14.1. The van der Waals surface area contributed by atoms with E-state index in [0.29, 0.717) is 3.57 Å². The number of carbonyl (C=O) groups is 2. The number of hydrogen-bond acceptors (Lipinski definition) is 4. The predicted molar refractivity (Wildman–Crippen MR) is 88.9 cm³/mol. The number of nitrogens with one attached hydrogen (secondary N) is 1. The third kappa shape index (κ3) is 5.05. The number of amides is 1. The Balaban J connectivity index is 2.74. The SMILES string of the molecule is COC(CNC(=O)c1cc(I)cc(I)c1O)CC(=O)O. The van der Waals surface area contributed by atoms with E-state index in [1.165, 1.54) is 7.11 Å². The predicted octanol–water partition coefficient (Wildman–Crippen LogP) is 1.82. The maximum absolute atomic E-state index is 12.0.